The standard InChI is InChI=1S/C32H36F4N2O2/c33-29-22-24(21-28(23-29)32(34,35)36)13-19-39-31-30(27-9-5-2-6-10-27)38(18-20-40-31)17-16-37-14-11-26(12-15-37)25-7-3-1-4-8-25/h1-10,21-23,26,30-31H,11-20H2. The lowest BCUT2D eigenvalue weighted by atomic mass is 9.89. The number of halogens is 4. The van der Waals surface area contributed by atoms with Gasteiger partial charge < -0.3 is 14.4 Å². The molecule has 4 nitrogen and oxygen atoms in total. The molecule has 3 aromatic rings. The number of hydrogen-bond acceptors (Lipinski definition) is 4. The molecule has 2 fully saturated rings. The number of benzene rings is 3. The second-order valence-corrected chi connectivity index (χ2v) is 10.6. The first-order chi connectivity index (χ1) is 19.4. The molecule has 2 unspecified atom stereocenters. The molecule has 2 aliphatic rings. The highest BCUT2D eigenvalue weighted by Gasteiger charge is 2.35. The highest BCUT2D eigenvalue weighted by Crippen LogP contribution is 2.33. The Bertz CT molecular complexity index is 1200. The zero-order valence-electron chi connectivity index (χ0n) is 22.5. The van der Waals surface area contributed by atoms with E-state index in [4.69, 9.17) is 9.47 Å². The second kappa shape index (κ2) is 13.3. The second-order valence-electron chi connectivity index (χ2n) is 10.6. The summed E-state index contributed by atoms with van der Waals surface area (Å²) in [6, 6.07) is 23.3. The third-order valence-corrected chi connectivity index (χ3v) is 7.97. The van der Waals surface area contributed by atoms with Gasteiger partial charge in [0.2, 0.25) is 0 Å². The van der Waals surface area contributed by atoms with Gasteiger partial charge in [0.1, 0.15) is 5.82 Å². The minimum atomic E-state index is -4.60. The largest absolute Gasteiger partial charge is 0.416 e. The Morgan fingerprint density at radius 3 is 2.17 bits per heavy atom. The number of rotatable bonds is 9. The van der Waals surface area contributed by atoms with Crippen LogP contribution >= 0.6 is 0 Å². The molecule has 0 saturated carbocycles. The Morgan fingerprint density at radius 2 is 1.50 bits per heavy atom. The average Bonchev–Trinajstić information content (AvgIpc) is 2.96. The fourth-order valence-electron chi connectivity index (χ4n) is 5.83. The summed E-state index contributed by atoms with van der Waals surface area (Å²) in [5.74, 6) is -0.291. The van der Waals surface area contributed by atoms with Gasteiger partial charge in [-0.1, -0.05) is 60.7 Å². The van der Waals surface area contributed by atoms with Crippen LogP contribution in [0.15, 0.2) is 78.9 Å². The van der Waals surface area contributed by atoms with Crippen LogP contribution in [-0.2, 0) is 22.1 Å². The van der Waals surface area contributed by atoms with Crippen LogP contribution in [0, 0.1) is 5.82 Å². The van der Waals surface area contributed by atoms with E-state index in [0.717, 1.165) is 63.3 Å². The minimum Gasteiger partial charge on any atom is -0.350 e. The molecule has 0 spiro atoms. The predicted molar refractivity (Wildman–Crippen MR) is 146 cm³/mol. The molecule has 0 N–H and O–H groups in total. The Labute approximate surface area is 233 Å². The van der Waals surface area contributed by atoms with Gasteiger partial charge in [0.05, 0.1) is 24.8 Å². The number of hydrogen-bond donors (Lipinski definition) is 0. The van der Waals surface area contributed by atoms with E-state index in [9.17, 15) is 17.6 Å². The quantitative estimate of drug-likeness (QED) is 0.275. The van der Waals surface area contributed by atoms with E-state index in [1.54, 1.807) is 0 Å². The molecular formula is C32H36F4N2O2. The maximum absolute atomic E-state index is 13.8. The summed E-state index contributed by atoms with van der Waals surface area (Å²) in [7, 11) is 0. The fourth-order valence-corrected chi connectivity index (χ4v) is 5.83. The monoisotopic (exact) mass is 556 g/mol. The molecule has 2 saturated heterocycles. The normalized spacial score (nSPS) is 21.5. The number of alkyl halides is 3. The number of nitrogens with zero attached hydrogens (tertiary/aromatic N) is 2. The van der Waals surface area contributed by atoms with E-state index in [2.05, 4.69) is 52.3 Å². The molecule has 0 amide bonds. The summed E-state index contributed by atoms with van der Waals surface area (Å²) in [5, 5.41) is 0. The van der Waals surface area contributed by atoms with Crippen LogP contribution in [-0.4, -0.2) is 62.0 Å². The Kier molecular flexibility index (Phi) is 9.52. The van der Waals surface area contributed by atoms with E-state index in [-0.39, 0.29) is 24.6 Å². The SMILES string of the molecule is Fc1cc(CCOC2OCCN(CCN3CCC(c4ccccc4)CC3)C2c2ccccc2)cc(C(F)(F)F)c1. The van der Waals surface area contributed by atoms with Crippen LogP contribution in [0.1, 0.15) is 47.1 Å². The lowest BCUT2D eigenvalue weighted by Gasteiger charge is -2.42. The zero-order valence-corrected chi connectivity index (χ0v) is 22.5. The van der Waals surface area contributed by atoms with Gasteiger partial charge in [-0.05, 0) is 73.2 Å². The topological polar surface area (TPSA) is 24.9 Å². The van der Waals surface area contributed by atoms with Gasteiger partial charge in [-0.3, -0.25) is 4.90 Å². The Hall–Kier alpha value is -2.78. The van der Waals surface area contributed by atoms with E-state index in [1.807, 2.05) is 18.2 Å². The molecule has 0 bridgehead atoms. The first-order valence-corrected chi connectivity index (χ1v) is 14.0. The van der Waals surface area contributed by atoms with E-state index in [1.165, 1.54) is 5.56 Å². The molecule has 2 aliphatic heterocycles. The van der Waals surface area contributed by atoms with Gasteiger partial charge in [-0.25, -0.2) is 4.39 Å². The third-order valence-electron chi connectivity index (χ3n) is 7.97. The molecule has 0 aliphatic carbocycles. The molecule has 0 aromatic heterocycles. The van der Waals surface area contributed by atoms with Gasteiger partial charge in [0, 0.05) is 19.6 Å². The summed E-state index contributed by atoms with van der Waals surface area (Å²) in [6.07, 6.45) is -2.72. The number of piperidine rings is 1. The summed E-state index contributed by atoms with van der Waals surface area (Å²) in [4.78, 5) is 4.91. The van der Waals surface area contributed by atoms with Crippen molar-refractivity contribution in [1.82, 2.24) is 9.80 Å². The lowest BCUT2D eigenvalue weighted by Crippen LogP contribution is -2.49. The minimum absolute atomic E-state index is 0.121. The van der Waals surface area contributed by atoms with Crippen molar-refractivity contribution in [2.75, 3.05) is 45.9 Å². The summed E-state index contributed by atoms with van der Waals surface area (Å²) >= 11 is 0. The third kappa shape index (κ3) is 7.49. The molecule has 214 valence electrons. The molecule has 40 heavy (non-hydrogen) atoms. The van der Waals surface area contributed by atoms with Gasteiger partial charge in [0.25, 0.3) is 0 Å². The van der Waals surface area contributed by atoms with Crippen molar-refractivity contribution in [2.24, 2.45) is 0 Å². The van der Waals surface area contributed by atoms with Crippen molar-refractivity contribution < 1.29 is 27.0 Å². The summed E-state index contributed by atoms with van der Waals surface area (Å²) in [6.45, 7) is 5.32. The lowest BCUT2D eigenvalue weighted by molar-refractivity contribution is -0.211. The van der Waals surface area contributed by atoms with Crippen LogP contribution in [0.4, 0.5) is 17.6 Å². The van der Waals surface area contributed by atoms with Crippen LogP contribution in [0.25, 0.3) is 0 Å². The number of likely N-dealkylation sites (tertiary alicyclic amines) is 1. The van der Waals surface area contributed by atoms with Crippen LogP contribution < -0.4 is 0 Å². The van der Waals surface area contributed by atoms with Gasteiger partial charge in [-0.2, -0.15) is 13.2 Å². The van der Waals surface area contributed by atoms with Crippen molar-refractivity contribution in [1.29, 1.82) is 0 Å². The highest BCUT2D eigenvalue weighted by molar-refractivity contribution is 5.27. The highest BCUT2D eigenvalue weighted by atomic mass is 19.4. The smallest absolute Gasteiger partial charge is 0.350 e. The molecular weight excluding hydrogens is 520 g/mol. The molecule has 8 heteroatoms. The van der Waals surface area contributed by atoms with E-state index < -0.39 is 23.8 Å². The fraction of sp³-hybridized carbons (Fsp3) is 0.438. The first kappa shape index (κ1) is 28.7. The zero-order chi connectivity index (χ0) is 28.0. The molecule has 3 aromatic carbocycles. The molecule has 2 atom stereocenters. The van der Waals surface area contributed by atoms with E-state index in [0.29, 0.717) is 18.6 Å². The van der Waals surface area contributed by atoms with Crippen molar-refractivity contribution >= 4 is 0 Å². The van der Waals surface area contributed by atoms with Gasteiger partial charge >= 0.3 is 6.18 Å². The van der Waals surface area contributed by atoms with Crippen LogP contribution in [0.5, 0.6) is 0 Å². The number of morpholine rings is 1. The number of ether oxygens (including phenoxy) is 2. The molecule has 0 radical (unpaired) electrons. The van der Waals surface area contributed by atoms with Gasteiger partial charge in [0.15, 0.2) is 6.29 Å². The molecule has 5 rings (SSSR count). The summed E-state index contributed by atoms with van der Waals surface area (Å²) < 4.78 is 65.4. The van der Waals surface area contributed by atoms with Crippen LogP contribution in [0.3, 0.4) is 0 Å². The predicted octanol–water partition coefficient (Wildman–Crippen LogP) is 6.68. The average molecular weight is 557 g/mol. The van der Waals surface area contributed by atoms with Crippen molar-refractivity contribution in [3.63, 3.8) is 0 Å². The van der Waals surface area contributed by atoms with Crippen molar-refractivity contribution in [2.45, 2.75) is 43.7 Å². The van der Waals surface area contributed by atoms with E-state index >= 15 is 0 Å². The Morgan fingerprint density at radius 1 is 0.825 bits per heavy atom. The van der Waals surface area contributed by atoms with Crippen LogP contribution in [0.2, 0.25) is 0 Å². The molecule has 2 heterocycles. The maximum atomic E-state index is 13.8. The van der Waals surface area contributed by atoms with Crippen molar-refractivity contribution in [3.8, 4) is 0 Å². The first-order valence-electron chi connectivity index (χ1n) is 14.0. The Balaban J connectivity index is 1.19. The summed E-state index contributed by atoms with van der Waals surface area (Å²) in [5.41, 5.74) is 1.75. The van der Waals surface area contributed by atoms with Gasteiger partial charge in [-0.15, -0.1) is 0 Å². The maximum Gasteiger partial charge on any atom is 0.416 e. The van der Waals surface area contributed by atoms with Crippen molar-refractivity contribution in [3.05, 3.63) is 107 Å².